The van der Waals surface area contributed by atoms with Crippen molar-refractivity contribution in [1.29, 1.82) is 0 Å². The quantitative estimate of drug-likeness (QED) is 0.696. The van der Waals surface area contributed by atoms with Gasteiger partial charge in [-0.2, -0.15) is 0 Å². The number of carbonyl (C=O) groups excluding carboxylic acids is 1. The van der Waals surface area contributed by atoms with Gasteiger partial charge in [0.15, 0.2) is 5.13 Å². The van der Waals surface area contributed by atoms with Crippen molar-refractivity contribution in [3.05, 3.63) is 69.6 Å². The fourth-order valence-corrected chi connectivity index (χ4v) is 5.02. The van der Waals surface area contributed by atoms with Crippen molar-refractivity contribution in [3.8, 4) is 11.3 Å². The molecule has 0 unspecified atom stereocenters. The molecule has 1 heterocycles. The van der Waals surface area contributed by atoms with E-state index in [9.17, 15) is 4.79 Å². The van der Waals surface area contributed by atoms with Crippen LogP contribution in [0.2, 0.25) is 0 Å². The number of nitrogens with zero attached hydrogens (tertiary/aromatic N) is 1. The predicted molar refractivity (Wildman–Crippen MR) is 106 cm³/mol. The van der Waals surface area contributed by atoms with Crippen molar-refractivity contribution >= 4 is 22.4 Å². The van der Waals surface area contributed by atoms with Gasteiger partial charge >= 0.3 is 0 Å². The van der Waals surface area contributed by atoms with Crippen molar-refractivity contribution in [2.45, 2.75) is 38.5 Å². The van der Waals surface area contributed by atoms with Gasteiger partial charge in [-0.15, -0.1) is 11.3 Å². The molecular weight excluding hydrogens is 340 g/mol. The standard InChI is InChI=1S/C22H20N2OS/c25-21(17-10-9-14-5-1-2-7-16(14)13-17)24-22-23-20-18-8-4-3-6-15(18)11-12-19(20)26-22/h3-4,6,8-10,13H,1-2,5,7,11-12H2,(H,23,24,25). The largest absolute Gasteiger partial charge is 0.298 e. The zero-order valence-electron chi connectivity index (χ0n) is 14.5. The molecule has 130 valence electrons. The molecule has 0 spiro atoms. The van der Waals surface area contributed by atoms with Gasteiger partial charge in [0.1, 0.15) is 0 Å². The third-order valence-corrected chi connectivity index (χ3v) is 6.45. The van der Waals surface area contributed by atoms with Gasteiger partial charge < -0.3 is 0 Å². The van der Waals surface area contributed by atoms with Crippen molar-refractivity contribution < 1.29 is 4.79 Å². The Labute approximate surface area is 157 Å². The van der Waals surface area contributed by atoms with E-state index < -0.39 is 0 Å². The molecule has 0 saturated carbocycles. The molecule has 2 aromatic carbocycles. The molecule has 2 aliphatic carbocycles. The number of rotatable bonds is 2. The van der Waals surface area contributed by atoms with E-state index in [1.807, 2.05) is 6.07 Å². The highest BCUT2D eigenvalue weighted by Gasteiger charge is 2.21. The fraction of sp³-hybridized carbons (Fsp3) is 0.273. The Kier molecular flexibility index (Phi) is 3.86. The number of benzene rings is 2. The van der Waals surface area contributed by atoms with E-state index in [-0.39, 0.29) is 5.91 Å². The van der Waals surface area contributed by atoms with Crippen LogP contribution in [0.4, 0.5) is 5.13 Å². The van der Waals surface area contributed by atoms with Gasteiger partial charge in [-0.3, -0.25) is 10.1 Å². The summed E-state index contributed by atoms with van der Waals surface area (Å²) in [5.74, 6) is -0.0576. The van der Waals surface area contributed by atoms with Crippen molar-refractivity contribution in [2.24, 2.45) is 0 Å². The molecule has 3 nitrogen and oxygen atoms in total. The van der Waals surface area contributed by atoms with Gasteiger partial charge in [-0.05, 0) is 67.3 Å². The average molecular weight is 360 g/mol. The van der Waals surface area contributed by atoms with E-state index in [2.05, 4.69) is 41.7 Å². The van der Waals surface area contributed by atoms with Crippen LogP contribution in [0.15, 0.2) is 42.5 Å². The average Bonchev–Trinajstić information content (AvgIpc) is 3.10. The zero-order valence-corrected chi connectivity index (χ0v) is 15.4. The number of thiazole rings is 1. The molecule has 1 aromatic heterocycles. The van der Waals surface area contributed by atoms with Gasteiger partial charge in [-0.1, -0.05) is 30.3 Å². The second-order valence-electron chi connectivity index (χ2n) is 7.09. The van der Waals surface area contributed by atoms with Gasteiger partial charge in [0.05, 0.1) is 5.69 Å². The van der Waals surface area contributed by atoms with E-state index in [4.69, 9.17) is 4.98 Å². The summed E-state index contributed by atoms with van der Waals surface area (Å²) in [6, 6.07) is 14.6. The molecule has 4 heteroatoms. The first-order chi connectivity index (χ1) is 12.8. The Bertz CT molecular complexity index is 1010. The second-order valence-corrected chi connectivity index (χ2v) is 8.18. The van der Waals surface area contributed by atoms with Crippen LogP contribution in [0.3, 0.4) is 0 Å². The summed E-state index contributed by atoms with van der Waals surface area (Å²) < 4.78 is 0. The van der Waals surface area contributed by atoms with E-state index in [1.165, 1.54) is 40.0 Å². The van der Waals surface area contributed by atoms with Gasteiger partial charge in [0.2, 0.25) is 0 Å². The summed E-state index contributed by atoms with van der Waals surface area (Å²) in [5, 5.41) is 3.72. The summed E-state index contributed by atoms with van der Waals surface area (Å²) in [6.45, 7) is 0. The predicted octanol–water partition coefficient (Wildman–Crippen LogP) is 5.04. The monoisotopic (exact) mass is 360 g/mol. The Balaban J connectivity index is 1.41. The summed E-state index contributed by atoms with van der Waals surface area (Å²) in [4.78, 5) is 18.7. The maximum absolute atomic E-state index is 12.7. The third kappa shape index (κ3) is 2.74. The van der Waals surface area contributed by atoms with Crippen LogP contribution in [-0.2, 0) is 25.7 Å². The molecule has 0 fully saturated rings. The molecule has 0 atom stereocenters. The lowest BCUT2D eigenvalue weighted by Gasteiger charge is -2.16. The number of amides is 1. The molecule has 0 aliphatic heterocycles. The minimum Gasteiger partial charge on any atom is -0.298 e. The SMILES string of the molecule is O=C(Nc1nc2c(s1)CCc1ccccc1-2)c1ccc2c(c1)CCCC2. The Morgan fingerprint density at radius 3 is 2.69 bits per heavy atom. The molecule has 26 heavy (non-hydrogen) atoms. The van der Waals surface area contributed by atoms with E-state index >= 15 is 0 Å². The third-order valence-electron chi connectivity index (χ3n) is 5.42. The Hall–Kier alpha value is -2.46. The molecule has 1 N–H and O–H groups in total. The van der Waals surface area contributed by atoms with Crippen LogP contribution in [-0.4, -0.2) is 10.9 Å². The van der Waals surface area contributed by atoms with Gasteiger partial charge in [0, 0.05) is 16.0 Å². The molecule has 1 amide bonds. The first-order valence-electron chi connectivity index (χ1n) is 9.29. The number of nitrogens with one attached hydrogen (secondary N) is 1. The molecule has 2 aliphatic rings. The number of anilines is 1. The molecular formula is C22H20N2OS. The first kappa shape index (κ1) is 15.8. The lowest BCUT2D eigenvalue weighted by Crippen LogP contribution is -2.13. The first-order valence-corrected chi connectivity index (χ1v) is 10.1. The molecule has 5 rings (SSSR count). The minimum atomic E-state index is -0.0576. The maximum Gasteiger partial charge on any atom is 0.257 e. The molecule has 0 bridgehead atoms. The van der Waals surface area contributed by atoms with Crippen LogP contribution in [0.25, 0.3) is 11.3 Å². The lowest BCUT2D eigenvalue weighted by atomic mass is 9.90. The maximum atomic E-state index is 12.7. The second kappa shape index (κ2) is 6.36. The number of aromatic nitrogens is 1. The van der Waals surface area contributed by atoms with E-state index in [1.54, 1.807) is 11.3 Å². The topological polar surface area (TPSA) is 42.0 Å². The minimum absolute atomic E-state index is 0.0576. The van der Waals surface area contributed by atoms with E-state index in [0.29, 0.717) is 5.13 Å². The van der Waals surface area contributed by atoms with Gasteiger partial charge in [0.25, 0.3) is 5.91 Å². The van der Waals surface area contributed by atoms with Gasteiger partial charge in [-0.25, -0.2) is 4.98 Å². The van der Waals surface area contributed by atoms with Crippen LogP contribution in [0.1, 0.15) is 44.8 Å². The number of hydrogen-bond donors (Lipinski definition) is 1. The summed E-state index contributed by atoms with van der Waals surface area (Å²) in [5.41, 5.74) is 7.05. The highest BCUT2D eigenvalue weighted by Crippen LogP contribution is 2.38. The Morgan fingerprint density at radius 1 is 0.923 bits per heavy atom. The molecule has 3 aromatic rings. The Morgan fingerprint density at radius 2 is 1.77 bits per heavy atom. The van der Waals surface area contributed by atoms with E-state index in [0.717, 1.165) is 36.9 Å². The van der Waals surface area contributed by atoms with Crippen molar-refractivity contribution in [1.82, 2.24) is 4.98 Å². The fourth-order valence-electron chi connectivity index (χ4n) is 4.05. The highest BCUT2D eigenvalue weighted by atomic mass is 32.1. The number of hydrogen-bond acceptors (Lipinski definition) is 3. The van der Waals surface area contributed by atoms with Crippen LogP contribution in [0, 0.1) is 0 Å². The smallest absolute Gasteiger partial charge is 0.257 e. The lowest BCUT2D eigenvalue weighted by molar-refractivity contribution is 0.102. The number of fused-ring (bicyclic) bond motifs is 4. The zero-order chi connectivity index (χ0) is 17.5. The number of aryl methyl sites for hydroxylation is 4. The normalized spacial score (nSPS) is 14.9. The molecule has 0 saturated heterocycles. The van der Waals surface area contributed by atoms with Crippen molar-refractivity contribution in [2.75, 3.05) is 5.32 Å². The molecule has 0 radical (unpaired) electrons. The van der Waals surface area contributed by atoms with Crippen molar-refractivity contribution in [3.63, 3.8) is 0 Å². The summed E-state index contributed by atoms with van der Waals surface area (Å²) >= 11 is 1.61. The summed E-state index contributed by atoms with van der Waals surface area (Å²) in [7, 11) is 0. The van der Waals surface area contributed by atoms with Crippen LogP contribution in [0.5, 0.6) is 0 Å². The van der Waals surface area contributed by atoms with Crippen LogP contribution < -0.4 is 5.32 Å². The highest BCUT2D eigenvalue weighted by molar-refractivity contribution is 7.16. The number of carbonyl (C=O) groups is 1. The summed E-state index contributed by atoms with van der Waals surface area (Å²) in [6.07, 6.45) is 6.73. The van der Waals surface area contributed by atoms with Crippen LogP contribution >= 0.6 is 11.3 Å².